The third-order valence-electron chi connectivity index (χ3n) is 4.87. The highest BCUT2D eigenvalue weighted by Gasteiger charge is 2.42. The predicted molar refractivity (Wildman–Crippen MR) is 89.7 cm³/mol. The SMILES string of the molecule is COc1cc(C)c(C(=O)NC2(C(=O)O)CCC(C)CC2)cc1OC. The number of benzene rings is 1. The molecule has 0 aromatic heterocycles. The molecule has 1 aliphatic carbocycles. The minimum Gasteiger partial charge on any atom is -0.493 e. The van der Waals surface area contributed by atoms with Crippen molar-refractivity contribution < 1.29 is 24.2 Å². The molecule has 6 heteroatoms. The van der Waals surface area contributed by atoms with Gasteiger partial charge in [0.15, 0.2) is 11.5 Å². The van der Waals surface area contributed by atoms with E-state index in [1.54, 1.807) is 19.1 Å². The predicted octanol–water partition coefficient (Wildman–Crippen LogP) is 2.78. The second kappa shape index (κ2) is 7.11. The van der Waals surface area contributed by atoms with Crippen molar-refractivity contribution in [3.63, 3.8) is 0 Å². The van der Waals surface area contributed by atoms with Gasteiger partial charge in [-0.1, -0.05) is 6.92 Å². The highest BCUT2D eigenvalue weighted by molar-refractivity contribution is 5.99. The Hall–Kier alpha value is -2.24. The number of hydrogen-bond donors (Lipinski definition) is 2. The monoisotopic (exact) mass is 335 g/mol. The van der Waals surface area contributed by atoms with E-state index >= 15 is 0 Å². The average molecular weight is 335 g/mol. The van der Waals surface area contributed by atoms with Gasteiger partial charge in [0.05, 0.1) is 14.2 Å². The number of amides is 1. The summed E-state index contributed by atoms with van der Waals surface area (Å²) in [5.74, 6) is 0.0874. The number of aliphatic carboxylic acids is 1. The Kier molecular flexibility index (Phi) is 5.36. The quantitative estimate of drug-likeness (QED) is 0.864. The first-order valence-corrected chi connectivity index (χ1v) is 8.11. The molecule has 1 aromatic carbocycles. The van der Waals surface area contributed by atoms with Crippen molar-refractivity contribution in [2.45, 2.75) is 45.1 Å². The summed E-state index contributed by atoms with van der Waals surface area (Å²) in [5, 5.41) is 12.4. The summed E-state index contributed by atoms with van der Waals surface area (Å²) >= 11 is 0. The molecule has 0 heterocycles. The highest BCUT2D eigenvalue weighted by Crippen LogP contribution is 2.34. The van der Waals surface area contributed by atoms with E-state index in [1.165, 1.54) is 14.2 Å². The number of carboxylic acids is 1. The van der Waals surface area contributed by atoms with Gasteiger partial charge >= 0.3 is 5.97 Å². The van der Waals surface area contributed by atoms with Crippen molar-refractivity contribution in [3.8, 4) is 11.5 Å². The van der Waals surface area contributed by atoms with Gasteiger partial charge in [-0.2, -0.15) is 0 Å². The van der Waals surface area contributed by atoms with E-state index in [9.17, 15) is 14.7 Å². The summed E-state index contributed by atoms with van der Waals surface area (Å²) in [5.41, 5.74) is -0.0924. The maximum Gasteiger partial charge on any atom is 0.329 e. The minimum absolute atomic E-state index is 0.395. The first kappa shape index (κ1) is 18.1. The minimum atomic E-state index is -1.19. The Balaban J connectivity index is 2.29. The number of hydrogen-bond acceptors (Lipinski definition) is 4. The van der Waals surface area contributed by atoms with Gasteiger partial charge in [0.2, 0.25) is 0 Å². The smallest absolute Gasteiger partial charge is 0.329 e. The van der Waals surface area contributed by atoms with Crippen LogP contribution in [0.15, 0.2) is 12.1 Å². The van der Waals surface area contributed by atoms with Crippen LogP contribution >= 0.6 is 0 Å². The molecule has 1 saturated carbocycles. The van der Waals surface area contributed by atoms with Crippen molar-refractivity contribution in [1.82, 2.24) is 5.32 Å². The van der Waals surface area contributed by atoms with Gasteiger partial charge in [-0.25, -0.2) is 4.79 Å². The average Bonchev–Trinajstić information content (AvgIpc) is 2.56. The Labute approximate surface area is 142 Å². The van der Waals surface area contributed by atoms with E-state index in [0.717, 1.165) is 12.8 Å². The third kappa shape index (κ3) is 3.47. The van der Waals surface area contributed by atoms with E-state index in [-0.39, 0.29) is 0 Å². The first-order valence-electron chi connectivity index (χ1n) is 8.11. The van der Waals surface area contributed by atoms with Gasteiger partial charge in [0.25, 0.3) is 5.91 Å². The summed E-state index contributed by atoms with van der Waals surface area (Å²) in [4.78, 5) is 24.5. The molecular weight excluding hydrogens is 310 g/mol. The van der Waals surface area contributed by atoms with Crippen LogP contribution in [0.3, 0.4) is 0 Å². The standard InChI is InChI=1S/C18H25NO5/c1-11-5-7-18(8-6-11,17(21)22)19-16(20)13-10-15(24-4)14(23-3)9-12(13)2/h9-11H,5-8H2,1-4H3,(H,19,20)(H,21,22). The zero-order valence-electron chi connectivity index (χ0n) is 14.6. The molecule has 0 aliphatic heterocycles. The second-order valence-electron chi connectivity index (χ2n) is 6.55. The van der Waals surface area contributed by atoms with Crippen LogP contribution in [0.4, 0.5) is 0 Å². The van der Waals surface area contributed by atoms with Crippen LogP contribution in [-0.2, 0) is 4.79 Å². The molecule has 0 spiro atoms. The van der Waals surface area contributed by atoms with E-state index in [4.69, 9.17) is 9.47 Å². The van der Waals surface area contributed by atoms with Gasteiger partial charge in [0, 0.05) is 5.56 Å². The number of aryl methyl sites for hydroxylation is 1. The van der Waals surface area contributed by atoms with Crippen LogP contribution in [0.5, 0.6) is 11.5 Å². The second-order valence-corrected chi connectivity index (χ2v) is 6.55. The van der Waals surface area contributed by atoms with E-state index in [2.05, 4.69) is 12.2 Å². The number of carbonyl (C=O) groups excluding carboxylic acids is 1. The van der Waals surface area contributed by atoms with Gasteiger partial charge in [-0.3, -0.25) is 4.79 Å². The summed E-state index contributed by atoms with van der Waals surface area (Å²) in [7, 11) is 3.02. The first-order chi connectivity index (χ1) is 11.3. The van der Waals surface area contributed by atoms with Crippen LogP contribution in [0.2, 0.25) is 0 Å². The van der Waals surface area contributed by atoms with Gasteiger partial charge in [-0.15, -0.1) is 0 Å². The lowest BCUT2D eigenvalue weighted by molar-refractivity contribution is -0.146. The molecule has 1 amide bonds. The topological polar surface area (TPSA) is 84.9 Å². The maximum atomic E-state index is 12.7. The molecule has 0 bridgehead atoms. The van der Waals surface area contributed by atoms with Crippen LogP contribution in [0.25, 0.3) is 0 Å². The highest BCUT2D eigenvalue weighted by atomic mass is 16.5. The van der Waals surface area contributed by atoms with Crippen LogP contribution in [0.1, 0.15) is 48.5 Å². The van der Waals surface area contributed by atoms with Gasteiger partial charge in [0.1, 0.15) is 5.54 Å². The van der Waals surface area contributed by atoms with Gasteiger partial charge in [-0.05, 0) is 56.2 Å². The molecule has 1 aromatic rings. The van der Waals surface area contributed by atoms with Crippen molar-refractivity contribution in [2.75, 3.05) is 14.2 Å². The summed E-state index contributed by atoms with van der Waals surface area (Å²) in [6, 6.07) is 3.30. The van der Waals surface area contributed by atoms with E-state index in [0.29, 0.717) is 41.4 Å². The fraction of sp³-hybridized carbons (Fsp3) is 0.556. The lowest BCUT2D eigenvalue weighted by Gasteiger charge is -2.36. The molecule has 1 aliphatic rings. The number of nitrogens with one attached hydrogen (secondary N) is 1. The van der Waals surface area contributed by atoms with E-state index < -0.39 is 17.4 Å². The van der Waals surface area contributed by atoms with Crippen LogP contribution in [0, 0.1) is 12.8 Å². The normalized spacial score (nSPS) is 23.4. The number of rotatable bonds is 5. The Morgan fingerprint density at radius 2 is 1.71 bits per heavy atom. The third-order valence-corrected chi connectivity index (χ3v) is 4.87. The maximum absolute atomic E-state index is 12.7. The molecule has 1 fully saturated rings. The Morgan fingerprint density at radius 3 is 2.21 bits per heavy atom. The summed E-state index contributed by atoms with van der Waals surface area (Å²) in [6.45, 7) is 3.89. The molecule has 2 N–H and O–H groups in total. The Bertz CT molecular complexity index is 633. The molecular formula is C18H25NO5. The number of carbonyl (C=O) groups is 2. The number of methoxy groups -OCH3 is 2. The zero-order valence-corrected chi connectivity index (χ0v) is 14.6. The van der Waals surface area contributed by atoms with Crippen LogP contribution < -0.4 is 14.8 Å². The lowest BCUT2D eigenvalue weighted by Crippen LogP contribution is -2.56. The number of ether oxygens (including phenoxy) is 2. The molecule has 2 rings (SSSR count). The van der Waals surface area contributed by atoms with Crippen molar-refractivity contribution in [3.05, 3.63) is 23.3 Å². The largest absolute Gasteiger partial charge is 0.493 e. The van der Waals surface area contributed by atoms with Crippen LogP contribution in [-0.4, -0.2) is 36.7 Å². The molecule has 132 valence electrons. The van der Waals surface area contributed by atoms with Crippen molar-refractivity contribution >= 4 is 11.9 Å². The van der Waals surface area contributed by atoms with E-state index in [1.807, 2.05) is 0 Å². The molecule has 0 radical (unpaired) electrons. The summed E-state index contributed by atoms with van der Waals surface area (Å²) in [6.07, 6.45) is 2.47. The van der Waals surface area contributed by atoms with Crippen molar-refractivity contribution in [1.29, 1.82) is 0 Å². The molecule has 0 atom stereocenters. The molecule has 24 heavy (non-hydrogen) atoms. The lowest BCUT2D eigenvalue weighted by atomic mass is 9.77. The van der Waals surface area contributed by atoms with Gasteiger partial charge < -0.3 is 19.9 Å². The molecule has 0 saturated heterocycles. The fourth-order valence-electron chi connectivity index (χ4n) is 3.16. The zero-order chi connectivity index (χ0) is 17.9. The molecule has 0 unspecified atom stereocenters. The molecule has 6 nitrogen and oxygen atoms in total. The Morgan fingerprint density at radius 1 is 1.17 bits per heavy atom. The number of carboxylic acid groups (broad SMARTS) is 1. The fourth-order valence-corrected chi connectivity index (χ4v) is 3.16. The summed E-state index contributed by atoms with van der Waals surface area (Å²) < 4.78 is 10.5. The van der Waals surface area contributed by atoms with Crippen molar-refractivity contribution in [2.24, 2.45) is 5.92 Å².